The summed E-state index contributed by atoms with van der Waals surface area (Å²) in [7, 11) is 0. The molecule has 0 amide bonds. The Morgan fingerprint density at radius 2 is 2.00 bits per heavy atom. The van der Waals surface area contributed by atoms with Crippen LogP contribution in [-0.2, 0) is 11.8 Å². The van der Waals surface area contributed by atoms with Crippen molar-refractivity contribution in [1.82, 2.24) is 24.9 Å². The largest absolute Gasteiger partial charge is 0.317 e. The zero-order valence-corrected chi connectivity index (χ0v) is 13.6. The number of nitrogens with zero attached hydrogens (tertiary/aromatic N) is 3. The maximum atomic E-state index is 12.2. The lowest BCUT2D eigenvalue weighted by Crippen LogP contribution is -2.28. The van der Waals surface area contributed by atoms with E-state index < -0.39 is 0 Å². The maximum Gasteiger partial charge on any atom is 0.274 e. The highest BCUT2D eigenvalue weighted by molar-refractivity contribution is 5.29. The fourth-order valence-electron chi connectivity index (χ4n) is 2.91. The zero-order valence-electron chi connectivity index (χ0n) is 13.6. The van der Waals surface area contributed by atoms with E-state index in [4.69, 9.17) is 0 Å². The summed E-state index contributed by atoms with van der Waals surface area (Å²) in [5, 5.41) is 6.44. The highest BCUT2D eigenvalue weighted by atomic mass is 16.1. The molecular weight excluding hydrogens is 278 g/mol. The number of aromatic amines is 1. The molecule has 0 atom stereocenters. The molecule has 0 saturated carbocycles. The Labute approximate surface area is 130 Å². The fraction of sp³-hybridized carbons (Fsp3) is 0.688. The van der Waals surface area contributed by atoms with Crippen LogP contribution in [0.25, 0.3) is 5.78 Å². The Balaban J connectivity index is 1.80. The van der Waals surface area contributed by atoms with Gasteiger partial charge in [0.1, 0.15) is 5.82 Å². The number of aromatic nitrogens is 4. The molecule has 0 aliphatic carbocycles. The first-order chi connectivity index (χ1) is 10.4. The van der Waals surface area contributed by atoms with Gasteiger partial charge in [-0.05, 0) is 44.7 Å². The van der Waals surface area contributed by atoms with Gasteiger partial charge in [-0.2, -0.15) is 9.50 Å². The predicted molar refractivity (Wildman–Crippen MR) is 86.2 cm³/mol. The van der Waals surface area contributed by atoms with E-state index in [-0.39, 0.29) is 11.0 Å². The molecular formula is C16H25N5O. The van der Waals surface area contributed by atoms with Gasteiger partial charge in [0.2, 0.25) is 0 Å². The second-order valence-corrected chi connectivity index (χ2v) is 7.28. The number of H-pyrrole nitrogens is 1. The summed E-state index contributed by atoms with van der Waals surface area (Å²) in [6.07, 6.45) is 4.39. The third-order valence-corrected chi connectivity index (χ3v) is 4.36. The molecule has 6 heteroatoms. The van der Waals surface area contributed by atoms with Crippen molar-refractivity contribution in [2.45, 2.75) is 51.9 Å². The number of hydrogen-bond donors (Lipinski definition) is 2. The van der Waals surface area contributed by atoms with Gasteiger partial charge >= 0.3 is 0 Å². The minimum atomic E-state index is -0.130. The van der Waals surface area contributed by atoms with Gasteiger partial charge in [-0.15, -0.1) is 0 Å². The Morgan fingerprint density at radius 3 is 2.68 bits per heavy atom. The van der Waals surface area contributed by atoms with Crippen LogP contribution in [0.3, 0.4) is 0 Å². The van der Waals surface area contributed by atoms with E-state index in [0.29, 0.717) is 5.78 Å². The lowest BCUT2D eigenvalue weighted by atomic mass is 9.92. The number of hydrogen-bond acceptors (Lipinski definition) is 4. The highest BCUT2D eigenvalue weighted by Crippen LogP contribution is 2.19. The predicted octanol–water partition coefficient (Wildman–Crippen LogP) is 1.65. The van der Waals surface area contributed by atoms with Crippen molar-refractivity contribution >= 4 is 5.78 Å². The Morgan fingerprint density at radius 1 is 1.27 bits per heavy atom. The first-order valence-electron chi connectivity index (χ1n) is 8.13. The van der Waals surface area contributed by atoms with E-state index >= 15 is 0 Å². The van der Waals surface area contributed by atoms with E-state index in [2.05, 4.69) is 41.2 Å². The molecule has 22 heavy (non-hydrogen) atoms. The third-order valence-electron chi connectivity index (χ3n) is 4.36. The van der Waals surface area contributed by atoms with E-state index in [9.17, 15) is 4.79 Å². The van der Waals surface area contributed by atoms with E-state index in [1.807, 2.05) is 0 Å². The highest BCUT2D eigenvalue weighted by Gasteiger charge is 2.20. The summed E-state index contributed by atoms with van der Waals surface area (Å²) in [4.78, 5) is 21.3. The second-order valence-electron chi connectivity index (χ2n) is 7.28. The Hall–Kier alpha value is -1.69. The molecule has 1 aliphatic heterocycles. The first-order valence-corrected chi connectivity index (χ1v) is 8.13. The van der Waals surface area contributed by atoms with Crippen LogP contribution in [0.5, 0.6) is 0 Å². The molecule has 0 bridgehead atoms. The first kappa shape index (κ1) is 15.2. The topological polar surface area (TPSA) is 75.1 Å². The van der Waals surface area contributed by atoms with E-state index in [0.717, 1.165) is 43.4 Å². The molecule has 1 saturated heterocycles. The van der Waals surface area contributed by atoms with Crippen LogP contribution in [0.1, 0.15) is 51.6 Å². The molecule has 1 aliphatic rings. The summed E-state index contributed by atoms with van der Waals surface area (Å²) >= 11 is 0. The molecule has 0 aromatic carbocycles. The van der Waals surface area contributed by atoms with Crippen molar-refractivity contribution in [1.29, 1.82) is 0 Å². The quantitative estimate of drug-likeness (QED) is 0.904. The molecule has 6 nitrogen and oxygen atoms in total. The van der Waals surface area contributed by atoms with E-state index in [1.54, 1.807) is 6.07 Å². The van der Waals surface area contributed by atoms with Gasteiger partial charge in [-0.25, -0.2) is 4.98 Å². The summed E-state index contributed by atoms with van der Waals surface area (Å²) in [5.74, 6) is 2.01. The summed E-state index contributed by atoms with van der Waals surface area (Å²) < 4.78 is 1.44. The zero-order chi connectivity index (χ0) is 15.7. The van der Waals surface area contributed by atoms with Gasteiger partial charge in [0, 0.05) is 11.5 Å². The van der Waals surface area contributed by atoms with Crippen molar-refractivity contribution < 1.29 is 0 Å². The standard InChI is InChI=1S/C16H25N5O/c1-16(2,3)14-19-15-18-12(10-13(22)21(15)20-14)5-4-11-6-8-17-9-7-11/h10-11,17H,4-9H2,1-3H3,(H,18,19,20). The van der Waals surface area contributed by atoms with E-state index in [1.165, 1.54) is 17.4 Å². The number of rotatable bonds is 3. The third kappa shape index (κ3) is 3.21. The van der Waals surface area contributed by atoms with Crippen molar-refractivity contribution in [2.75, 3.05) is 13.1 Å². The smallest absolute Gasteiger partial charge is 0.274 e. The van der Waals surface area contributed by atoms with Crippen LogP contribution in [-0.4, -0.2) is 32.7 Å². The molecule has 1 fully saturated rings. The summed E-state index contributed by atoms with van der Waals surface area (Å²) in [5.41, 5.74) is 0.652. The van der Waals surface area contributed by atoms with Gasteiger partial charge in [0.15, 0.2) is 0 Å². The van der Waals surface area contributed by atoms with Crippen molar-refractivity contribution in [2.24, 2.45) is 5.92 Å². The molecule has 0 radical (unpaired) electrons. The van der Waals surface area contributed by atoms with Crippen LogP contribution >= 0.6 is 0 Å². The van der Waals surface area contributed by atoms with Crippen LogP contribution in [0, 0.1) is 5.92 Å². The van der Waals surface area contributed by atoms with Gasteiger partial charge in [0.05, 0.1) is 5.69 Å². The average Bonchev–Trinajstić information content (AvgIpc) is 2.91. The molecule has 0 spiro atoms. The summed E-state index contributed by atoms with van der Waals surface area (Å²) in [6.45, 7) is 8.40. The normalized spacial score (nSPS) is 17.2. The average molecular weight is 303 g/mol. The Bertz CT molecular complexity index is 703. The monoisotopic (exact) mass is 303 g/mol. The summed E-state index contributed by atoms with van der Waals surface area (Å²) in [6, 6.07) is 1.64. The number of fused-ring (bicyclic) bond motifs is 1. The van der Waals surface area contributed by atoms with Crippen LogP contribution in [0.15, 0.2) is 10.9 Å². The van der Waals surface area contributed by atoms with Gasteiger partial charge in [0.25, 0.3) is 11.3 Å². The molecule has 2 N–H and O–H groups in total. The number of nitrogens with one attached hydrogen (secondary N) is 2. The van der Waals surface area contributed by atoms with Gasteiger partial charge in [-0.1, -0.05) is 20.8 Å². The van der Waals surface area contributed by atoms with Crippen molar-refractivity contribution in [3.8, 4) is 0 Å². The minimum absolute atomic E-state index is 0.0756. The lowest BCUT2D eigenvalue weighted by molar-refractivity contribution is 0.353. The molecule has 120 valence electrons. The molecule has 0 unspecified atom stereocenters. The van der Waals surface area contributed by atoms with Crippen molar-refractivity contribution in [3.63, 3.8) is 0 Å². The lowest BCUT2D eigenvalue weighted by Gasteiger charge is -2.22. The molecule has 2 aromatic heterocycles. The Kier molecular flexibility index (Phi) is 4.04. The van der Waals surface area contributed by atoms with Crippen LogP contribution in [0.4, 0.5) is 0 Å². The molecule has 2 aromatic rings. The number of piperidine rings is 1. The minimum Gasteiger partial charge on any atom is -0.317 e. The second kappa shape index (κ2) is 5.83. The van der Waals surface area contributed by atoms with Crippen molar-refractivity contribution in [3.05, 3.63) is 27.9 Å². The maximum absolute atomic E-state index is 12.2. The fourth-order valence-corrected chi connectivity index (χ4v) is 2.91. The van der Waals surface area contributed by atoms with Crippen LogP contribution in [0.2, 0.25) is 0 Å². The number of aryl methyl sites for hydroxylation is 1. The van der Waals surface area contributed by atoms with Crippen LogP contribution < -0.4 is 10.9 Å². The van der Waals surface area contributed by atoms with Gasteiger partial charge < -0.3 is 5.32 Å². The molecule has 3 rings (SSSR count). The van der Waals surface area contributed by atoms with Gasteiger partial charge in [-0.3, -0.25) is 9.89 Å². The SMILES string of the molecule is CC(C)(C)c1nc2nc(CCC3CCNCC3)cc(=O)n2[nH]1. The molecule has 3 heterocycles.